The second kappa shape index (κ2) is 3.67. The minimum atomic E-state index is 0.193. The van der Waals surface area contributed by atoms with Gasteiger partial charge in [0.15, 0.2) is 0 Å². The molecule has 0 aromatic heterocycles. The van der Waals surface area contributed by atoms with Crippen molar-refractivity contribution in [2.75, 3.05) is 0 Å². The lowest BCUT2D eigenvalue weighted by molar-refractivity contribution is 0.238. The van der Waals surface area contributed by atoms with Crippen molar-refractivity contribution < 1.29 is 4.74 Å². The van der Waals surface area contributed by atoms with E-state index < -0.39 is 0 Å². The van der Waals surface area contributed by atoms with Crippen LogP contribution < -0.4 is 4.74 Å². The molecule has 1 heterocycles. The Bertz CT molecular complexity index is 474. The first-order chi connectivity index (χ1) is 7.83. The molecule has 0 amide bonds. The van der Waals surface area contributed by atoms with E-state index in [1.165, 1.54) is 16.7 Å². The van der Waals surface area contributed by atoms with Gasteiger partial charge in [-0.3, -0.25) is 0 Å². The Balaban J connectivity index is 1.88. The number of para-hydroxylation sites is 1. The van der Waals surface area contributed by atoms with Crippen LogP contribution in [0, 0.1) is 6.92 Å². The van der Waals surface area contributed by atoms with Crippen LogP contribution >= 0.6 is 0 Å². The maximum Gasteiger partial charge on any atom is 0.128 e. The molecule has 0 fully saturated rings. The lowest BCUT2D eigenvalue weighted by atomic mass is 10.0. The first-order valence-corrected chi connectivity index (χ1v) is 5.64. The summed E-state index contributed by atoms with van der Waals surface area (Å²) in [6.45, 7) is 2.11. The quantitative estimate of drug-likeness (QED) is 0.697. The first-order valence-electron chi connectivity index (χ1n) is 5.64. The zero-order valence-electron chi connectivity index (χ0n) is 9.31. The van der Waals surface area contributed by atoms with Crippen molar-refractivity contribution in [3.8, 4) is 5.75 Å². The van der Waals surface area contributed by atoms with Gasteiger partial charge in [0.1, 0.15) is 11.9 Å². The fourth-order valence-corrected chi connectivity index (χ4v) is 2.15. The summed E-state index contributed by atoms with van der Waals surface area (Å²) >= 11 is 0. The normalized spacial score (nSPS) is 17.9. The molecule has 2 aromatic carbocycles. The summed E-state index contributed by atoms with van der Waals surface area (Å²) in [5, 5.41) is 0. The van der Waals surface area contributed by atoms with Crippen LogP contribution in [0.3, 0.4) is 0 Å². The largest absolute Gasteiger partial charge is 0.485 e. The van der Waals surface area contributed by atoms with Gasteiger partial charge >= 0.3 is 0 Å². The highest BCUT2D eigenvalue weighted by molar-refractivity contribution is 5.39. The SMILES string of the molecule is Cc1ccc(C2Cc3ccccc3O2)cc1. The summed E-state index contributed by atoms with van der Waals surface area (Å²) in [6.07, 6.45) is 1.18. The Morgan fingerprint density at radius 2 is 1.75 bits per heavy atom. The molecule has 1 aliphatic heterocycles. The van der Waals surface area contributed by atoms with Crippen molar-refractivity contribution >= 4 is 0 Å². The lowest BCUT2D eigenvalue weighted by Crippen LogP contribution is -2.02. The van der Waals surface area contributed by atoms with Crippen LogP contribution in [-0.4, -0.2) is 0 Å². The van der Waals surface area contributed by atoms with Gasteiger partial charge in [-0.25, -0.2) is 0 Å². The van der Waals surface area contributed by atoms with Gasteiger partial charge in [0.25, 0.3) is 0 Å². The Morgan fingerprint density at radius 1 is 1.00 bits per heavy atom. The van der Waals surface area contributed by atoms with E-state index in [0.29, 0.717) is 0 Å². The summed E-state index contributed by atoms with van der Waals surface area (Å²) in [5.41, 5.74) is 3.87. The zero-order chi connectivity index (χ0) is 11.0. The molecule has 0 N–H and O–H groups in total. The molecule has 1 atom stereocenters. The maximum atomic E-state index is 5.93. The predicted octanol–water partition coefficient (Wildman–Crippen LogP) is 3.67. The number of fused-ring (bicyclic) bond motifs is 1. The highest BCUT2D eigenvalue weighted by atomic mass is 16.5. The van der Waals surface area contributed by atoms with Crippen LogP contribution in [0.15, 0.2) is 48.5 Å². The Labute approximate surface area is 95.7 Å². The standard InChI is InChI=1S/C15H14O/c1-11-6-8-12(9-7-11)15-10-13-4-2-3-5-14(13)16-15/h2-9,15H,10H2,1H3. The highest BCUT2D eigenvalue weighted by Crippen LogP contribution is 2.36. The number of rotatable bonds is 1. The molecule has 16 heavy (non-hydrogen) atoms. The number of benzene rings is 2. The molecule has 0 aliphatic carbocycles. The van der Waals surface area contributed by atoms with E-state index in [2.05, 4.69) is 43.3 Å². The molecule has 0 bridgehead atoms. The fourth-order valence-electron chi connectivity index (χ4n) is 2.15. The van der Waals surface area contributed by atoms with Crippen molar-refractivity contribution in [2.24, 2.45) is 0 Å². The number of ether oxygens (including phenoxy) is 1. The molecular weight excluding hydrogens is 196 g/mol. The molecule has 80 valence electrons. The molecule has 1 nitrogen and oxygen atoms in total. The second-order valence-electron chi connectivity index (χ2n) is 4.33. The Hall–Kier alpha value is -1.76. The summed E-state index contributed by atoms with van der Waals surface area (Å²) in [5.74, 6) is 1.04. The van der Waals surface area contributed by atoms with Crippen molar-refractivity contribution in [3.05, 3.63) is 65.2 Å². The maximum absolute atomic E-state index is 5.93. The van der Waals surface area contributed by atoms with Crippen LogP contribution in [-0.2, 0) is 6.42 Å². The average molecular weight is 210 g/mol. The smallest absolute Gasteiger partial charge is 0.128 e. The van der Waals surface area contributed by atoms with E-state index >= 15 is 0 Å². The van der Waals surface area contributed by atoms with E-state index in [4.69, 9.17) is 4.74 Å². The van der Waals surface area contributed by atoms with Gasteiger partial charge < -0.3 is 4.74 Å². The fraction of sp³-hybridized carbons (Fsp3) is 0.200. The van der Waals surface area contributed by atoms with Gasteiger partial charge in [0.05, 0.1) is 0 Å². The van der Waals surface area contributed by atoms with Crippen LogP contribution in [0.1, 0.15) is 22.8 Å². The molecule has 1 aliphatic rings. The number of aryl methyl sites for hydroxylation is 1. The molecule has 0 radical (unpaired) electrons. The number of hydrogen-bond acceptors (Lipinski definition) is 1. The van der Waals surface area contributed by atoms with E-state index in [-0.39, 0.29) is 6.10 Å². The monoisotopic (exact) mass is 210 g/mol. The summed E-state index contributed by atoms with van der Waals surface area (Å²) < 4.78 is 5.93. The highest BCUT2D eigenvalue weighted by Gasteiger charge is 2.23. The minimum Gasteiger partial charge on any atom is -0.485 e. The molecule has 1 unspecified atom stereocenters. The van der Waals surface area contributed by atoms with Crippen LogP contribution in [0.25, 0.3) is 0 Å². The molecule has 1 heteroatoms. The summed E-state index contributed by atoms with van der Waals surface area (Å²) in [6, 6.07) is 16.9. The average Bonchev–Trinajstić information content (AvgIpc) is 2.73. The van der Waals surface area contributed by atoms with Gasteiger partial charge in [-0.05, 0) is 24.1 Å². The molecule has 3 rings (SSSR count). The third-order valence-electron chi connectivity index (χ3n) is 3.10. The van der Waals surface area contributed by atoms with Crippen molar-refractivity contribution in [1.29, 1.82) is 0 Å². The Kier molecular flexibility index (Phi) is 2.17. The minimum absolute atomic E-state index is 0.193. The van der Waals surface area contributed by atoms with E-state index in [9.17, 15) is 0 Å². The molecular formula is C15H14O. The van der Waals surface area contributed by atoms with Crippen LogP contribution in [0.5, 0.6) is 5.75 Å². The van der Waals surface area contributed by atoms with Gasteiger partial charge in [-0.1, -0.05) is 48.0 Å². The lowest BCUT2D eigenvalue weighted by Gasteiger charge is -2.10. The first kappa shape index (κ1) is 9.46. The van der Waals surface area contributed by atoms with Gasteiger partial charge in [0.2, 0.25) is 0 Å². The van der Waals surface area contributed by atoms with E-state index in [0.717, 1.165) is 12.2 Å². The van der Waals surface area contributed by atoms with Gasteiger partial charge in [-0.15, -0.1) is 0 Å². The van der Waals surface area contributed by atoms with Crippen molar-refractivity contribution in [1.82, 2.24) is 0 Å². The van der Waals surface area contributed by atoms with E-state index in [1.54, 1.807) is 0 Å². The van der Waals surface area contributed by atoms with Gasteiger partial charge in [0, 0.05) is 6.42 Å². The van der Waals surface area contributed by atoms with Crippen molar-refractivity contribution in [2.45, 2.75) is 19.4 Å². The third-order valence-corrected chi connectivity index (χ3v) is 3.10. The van der Waals surface area contributed by atoms with E-state index in [1.807, 2.05) is 12.1 Å². The second-order valence-corrected chi connectivity index (χ2v) is 4.33. The van der Waals surface area contributed by atoms with Crippen molar-refractivity contribution in [3.63, 3.8) is 0 Å². The molecule has 0 saturated carbocycles. The molecule has 2 aromatic rings. The predicted molar refractivity (Wildman–Crippen MR) is 64.7 cm³/mol. The summed E-state index contributed by atoms with van der Waals surface area (Å²) in [7, 11) is 0. The zero-order valence-corrected chi connectivity index (χ0v) is 9.31. The Morgan fingerprint density at radius 3 is 2.50 bits per heavy atom. The molecule has 0 saturated heterocycles. The third kappa shape index (κ3) is 1.58. The molecule has 0 spiro atoms. The van der Waals surface area contributed by atoms with Gasteiger partial charge in [-0.2, -0.15) is 0 Å². The van der Waals surface area contributed by atoms with Crippen LogP contribution in [0.2, 0.25) is 0 Å². The van der Waals surface area contributed by atoms with Crippen LogP contribution in [0.4, 0.5) is 0 Å². The summed E-state index contributed by atoms with van der Waals surface area (Å²) in [4.78, 5) is 0. The number of hydrogen-bond donors (Lipinski definition) is 0. The topological polar surface area (TPSA) is 9.23 Å².